The number of carboxylic acid groups (broad SMARTS) is 1. The predicted octanol–water partition coefficient (Wildman–Crippen LogP) is 1.92. The number of carboxylic acids is 1. The fourth-order valence-corrected chi connectivity index (χ4v) is 2.03. The summed E-state index contributed by atoms with van der Waals surface area (Å²) in [6.45, 7) is 2.85. The van der Waals surface area contributed by atoms with Gasteiger partial charge in [-0.3, -0.25) is 0 Å². The zero-order valence-electron chi connectivity index (χ0n) is 11.1. The average Bonchev–Trinajstić information content (AvgIpc) is 3.17. The average molecular weight is 264 g/mol. The summed E-state index contributed by atoms with van der Waals surface area (Å²) in [5.41, 5.74) is 1.03. The van der Waals surface area contributed by atoms with E-state index in [9.17, 15) is 9.90 Å². The molecule has 0 spiro atoms. The number of anilines is 1. The van der Waals surface area contributed by atoms with Crippen LogP contribution in [0.25, 0.3) is 0 Å². The minimum atomic E-state index is -0.939. The largest absolute Gasteiger partial charge is 0.478 e. The highest BCUT2D eigenvalue weighted by Crippen LogP contribution is 2.44. The first kappa shape index (κ1) is 13.8. The lowest BCUT2D eigenvalue weighted by atomic mass is 10.1. The molecule has 1 fully saturated rings. The molecule has 5 nitrogen and oxygen atoms in total. The smallest absolute Gasteiger partial charge is 0.335 e. The van der Waals surface area contributed by atoms with Crippen LogP contribution < -0.4 is 5.32 Å². The Hall–Kier alpha value is -1.62. The summed E-state index contributed by atoms with van der Waals surface area (Å²) in [5, 5.41) is 21.5. The maximum absolute atomic E-state index is 11.1. The molecule has 0 amide bonds. The quantitative estimate of drug-likeness (QED) is 0.701. The zero-order valence-corrected chi connectivity index (χ0v) is 11.1. The molecule has 2 rings (SSSR count). The number of aliphatic hydroxyl groups excluding tert-OH is 1. The number of nitrogens with zero attached hydrogens (tertiary/aromatic N) is 1. The second kappa shape index (κ2) is 5.57. The number of aliphatic hydroxyl groups is 1. The summed E-state index contributed by atoms with van der Waals surface area (Å²) in [7, 11) is 0. The van der Waals surface area contributed by atoms with Crippen LogP contribution in [0.15, 0.2) is 12.1 Å². The van der Waals surface area contributed by atoms with Gasteiger partial charge in [0.2, 0.25) is 0 Å². The summed E-state index contributed by atoms with van der Waals surface area (Å²) in [4.78, 5) is 15.5. The van der Waals surface area contributed by atoms with Crippen LogP contribution in [-0.4, -0.2) is 34.3 Å². The van der Waals surface area contributed by atoms with Crippen LogP contribution in [0.5, 0.6) is 0 Å². The van der Waals surface area contributed by atoms with Gasteiger partial charge in [-0.25, -0.2) is 9.78 Å². The third kappa shape index (κ3) is 3.44. The topological polar surface area (TPSA) is 82.5 Å². The number of hydrogen-bond acceptors (Lipinski definition) is 4. The van der Waals surface area contributed by atoms with E-state index in [-0.39, 0.29) is 17.6 Å². The number of aryl methyl sites for hydroxylation is 1. The van der Waals surface area contributed by atoms with Crippen LogP contribution in [0.3, 0.4) is 0 Å². The number of pyridine rings is 1. The molecule has 1 aromatic rings. The van der Waals surface area contributed by atoms with E-state index in [4.69, 9.17) is 5.11 Å². The Morgan fingerprint density at radius 1 is 1.47 bits per heavy atom. The molecule has 1 aliphatic carbocycles. The van der Waals surface area contributed by atoms with Crippen molar-refractivity contribution in [2.75, 3.05) is 18.5 Å². The fraction of sp³-hybridized carbons (Fsp3) is 0.571. The number of nitrogens with one attached hydrogen (secondary N) is 1. The Balaban J connectivity index is 2.11. The van der Waals surface area contributed by atoms with Crippen LogP contribution in [-0.2, 0) is 6.42 Å². The summed E-state index contributed by atoms with van der Waals surface area (Å²) in [6, 6.07) is 3.17. The molecule has 1 aliphatic rings. The molecular formula is C14H20N2O3. The second-order valence-corrected chi connectivity index (χ2v) is 5.30. The Labute approximate surface area is 112 Å². The van der Waals surface area contributed by atoms with Gasteiger partial charge in [0, 0.05) is 17.7 Å². The Morgan fingerprint density at radius 3 is 2.74 bits per heavy atom. The van der Waals surface area contributed by atoms with Crippen molar-refractivity contribution in [3.8, 4) is 0 Å². The van der Waals surface area contributed by atoms with Crippen molar-refractivity contribution in [2.45, 2.75) is 32.6 Å². The molecule has 0 aromatic carbocycles. The molecule has 0 bridgehead atoms. The SMILES string of the molecule is CCCc1cc(C(=O)O)cc(NCC2(CO)CC2)n1. The van der Waals surface area contributed by atoms with Gasteiger partial charge in [0.15, 0.2) is 0 Å². The molecule has 0 atom stereocenters. The summed E-state index contributed by atoms with van der Waals surface area (Å²) in [5.74, 6) is -0.353. The minimum Gasteiger partial charge on any atom is -0.478 e. The van der Waals surface area contributed by atoms with Crippen molar-refractivity contribution >= 4 is 11.8 Å². The highest BCUT2D eigenvalue weighted by Gasteiger charge is 2.41. The number of carbonyl (C=O) groups is 1. The van der Waals surface area contributed by atoms with Crippen molar-refractivity contribution in [1.29, 1.82) is 0 Å². The van der Waals surface area contributed by atoms with Gasteiger partial charge in [-0.05, 0) is 31.4 Å². The van der Waals surface area contributed by atoms with Crippen LogP contribution in [0.4, 0.5) is 5.82 Å². The molecule has 0 aliphatic heterocycles. The molecule has 1 aromatic heterocycles. The van der Waals surface area contributed by atoms with Gasteiger partial charge in [-0.2, -0.15) is 0 Å². The van der Waals surface area contributed by atoms with Gasteiger partial charge in [-0.1, -0.05) is 13.3 Å². The predicted molar refractivity (Wildman–Crippen MR) is 72.4 cm³/mol. The van der Waals surface area contributed by atoms with E-state index in [1.54, 1.807) is 12.1 Å². The highest BCUT2D eigenvalue weighted by atomic mass is 16.4. The van der Waals surface area contributed by atoms with Gasteiger partial charge >= 0.3 is 5.97 Å². The van der Waals surface area contributed by atoms with Crippen LogP contribution in [0.1, 0.15) is 42.2 Å². The third-order valence-corrected chi connectivity index (χ3v) is 3.57. The molecule has 0 saturated heterocycles. The van der Waals surface area contributed by atoms with Gasteiger partial charge in [-0.15, -0.1) is 0 Å². The van der Waals surface area contributed by atoms with Crippen molar-refractivity contribution in [3.05, 3.63) is 23.4 Å². The Bertz CT molecular complexity index is 470. The molecule has 104 valence electrons. The van der Waals surface area contributed by atoms with E-state index in [1.807, 2.05) is 6.92 Å². The number of aromatic carboxylic acids is 1. The summed E-state index contributed by atoms with van der Waals surface area (Å²) < 4.78 is 0. The van der Waals surface area contributed by atoms with E-state index in [2.05, 4.69) is 10.3 Å². The first-order chi connectivity index (χ1) is 9.08. The van der Waals surface area contributed by atoms with Crippen molar-refractivity contribution in [1.82, 2.24) is 4.98 Å². The van der Waals surface area contributed by atoms with Gasteiger partial charge in [0.05, 0.1) is 12.2 Å². The van der Waals surface area contributed by atoms with Crippen molar-refractivity contribution in [3.63, 3.8) is 0 Å². The van der Waals surface area contributed by atoms with E-state index in [1.165, 1.54) is 0 Å². The Morgan fingerprint density at radius 2 is 2.21 bits per heavy atom. The number of aromatic nitrogens is 1. The van der Waals surface area contributed by atoms with E-state index >= 15 is 0 Å². The lowest BCUT2D eigenvalue weighted by Crippen LogP contribution is -2.20. The summed E-state index contributed by atoms with van der Waals surface area (Å²) >= 11 is 0. The molecule has 3 N–H and O–H groups in total. The summed E-state index contributed by atoms with van der Waals surface area (Å²) in [6.07, 6.45) is 3.71. The standard InChI is InChI=1S/C14H20N2O3/c1-2-3-11-6-10(13(18)19)7-12(16-11)15-8-14(9-17)4-5-14/h6-7,17H,2-5,8-9H2,1H3,(H,15,16)(H,18,19). The number of hydrogen-bond donors (Lipinski definition) is 3. The molecule has 1 saturated carbocycles. The molecule has 5 heteroatoms. The van der Waals surface area contributed by atoms with E-state index in [0.29, 0.717) is 12.4 Å². The van der Waals surface area contributed by atoms with Crippen LogP contribution >= 0.6 is 0 Å². The number of rotatable bonds is 7. The van der Waals surface area contributed by atoms with Crippen LogP contribution in [0.2, 0.25) is 0 Å². The second-order valence-electron chi connectivity index (χ2n) is 5.30. The minimum absolute atomic E-state index is 0.0220. The maximum Gasteiger partial charge on any atom is 0.335 e. The Kier molecular flexibility index (Phi) is 4.04. The van der Waals surface area contributed by atoms with Crippen molar-refractivity contribution in [2.24, 2.45) is 5.41 Å². The molecule has 0 radical (unpaired) electrons. The molecule has 0 unspecified atom stereocenters. The normalized spacial score (nSPS) is 16.1. The lowest BCUT2D eigenvalue weighted by molar-refractivity contribution is 0.0696. The fourth-order valence-electron chi connectivity index (χ4n) is 2.03. The lowest BCUT2D eigenvalue weighted by Gasteiger charge is -2.14. The monoisotopic (exact) mass is 264 g/mol. The maximum atomic E-state index is 11.1. The van der Waals surface area contributed by atoms with Gasteiger partial charge in [0.1, 0.15) is 5.82 Å². The van der Waals surface area contributed by atoms with Gasteiger partial charge < -0.3 is 15.5 Å². The molecule has 1 heterocycles. The van der Waals surface area contributed by atoms with Crippen LogP contribution in [0, 0.1) is 5.41 Å². The first-order valence-corrected chi connectivity index (χ1v) is 6.67. The van der Waals surface area contributed by atoms with Crippen molar-refractivity contribution < 1.29 is 15.0 Å². The third-order valence-electron chi connectivity index (χ3n) is 3.57. The molecule has 19 heavy (non-hydrogen) atoms. The van der Waals surface area contributed by atoms with E-state index in [0.717, 1.165) is 31.4 Å². The van der Waals surface area contributed by atoms with Gasteiger partial charge in [0.25, 0.3) is 0 Å². The van der Waals surface area contributed by atoms with E-state index < -0.39 is 5.97 Å². The zero-order chi connectivity index (χ0) is 13.9. The molecular weight excluding hydrogens is 244 g/mol. The first-order valence-electron chi connectivity index (χ1n) is 6.67. The highest BCUT2D eigenvalue weighted by molar-refractivity contribution is 5.88.